The molecule has 1 aliphatic rings. The molecule has 114 valence electrons. The average molecular weight is 292 g/mol. The number of carbonyl (C=O) groups excluding carboxylic acids is 1. The lowest BCUT2D eigenvalue weighted by Gasteiger charge is -2.28. The molecule has 0 radical (unpaired) electrons. The molecule has 21 heavy (non-hydrogen) atoms. The zero-order valence-electron chi connectivity index (χ0n) is 12.2. The minimum Gasteiger partial charge on any atom is -0.481 e. The predicted octanol–water partition coefficient (Wildman–Crippen LogP) is 0.672. The van der Waals surface area contributed by atoms with E-state index in [0.29, 0.717) is 18.8 Å². The molecule has 7 heteroatoms. The number of hydrogen-bond donors (Lipinski definition) is 2. The number of rotatable bonds is 5. The Balaban J connectivity index is 1.94. The van der Waals surface area contributed by atoms with Gasteiger partial charge in [-0.15, -0.1) is 0 Å². The third-order valence-corrected chi connectivity index (χ3v) is 4.06. The minimum atomic E-state index is -0.878. The second kappa shape index (κ2) is 6.07. The number of carbonyl (C=O) groups is 2. The number of nitrogens with zero attached hydrogens (tertiary/aromatic N) is 3. The van der Waals surface area contributed by atoms with E-state index in [1.54, 1.807) is 37.3 Å². The second-order valence-corrected chi connectivity index (χ2v) is 5.64. The lowest BCUT2D eigenvalue weighted by Crippen LogP contribution is -2.49. The van der Waals surface area contributed by atoms with Crippen molar-refractivity contribution < 1.29 is 14.7 Å². The highest BCUT2D eigenvalue weighted by Gasteiger charge is 2.45. The van der Waals surface area contributed by atoms with Crippen LogP contribution in [0.25, 0.3) is 0 Å². The van der Waals surface area contributed by atoms with Gasteiger partial charge in [0.05, 0.1) is 12.0 Å². The van der Waals surface area contributed by atoms with Crippen LogP contribution in [0.15, 0.2) is 18.5 Å². The molecule has 7 nitrogen and oxygen atoms in total. The van der Waals surface area contributed by atoms with E-state index in [-0.39, 0.29) is 18.5 Å². The fraction of sp³-hybridized carbons (Fsp3) is 0.571. The summed E-state index contributed by atoms with van der Waals surface area (Å²) in [5.74, 6) is -0.616. The normalized spacial score (nSPS) is 24.6. The number of anilines is 1. The predicted molar refractivity (Wildman–Crippen MR) is 76.8 cm³/mol. The molecule has 1 aliphatic carbocycles. The Labute approximate surface area is 123 Å². The summed E-state index contributed by atoms with van der Waals surface area (Å²) in [6.07, 6.45) is 5.31. The van der Waals surface area contributed by atoms with Crippen LogP contribution in [0.4, 0.5) is 5.95 Å². The van der Waals surface area contributed by atoms with Crippen LogP contribution in [0.2, 0.25) is 0 Å². The molecule has 0 bridgehead atoms. The van der Waals surface area contributed by atoms with E-state index in [9.17, 15) is 14.7 Å². The van der Waals surface area contributed by atoms with Gasteiger partial charge < -0.3 is 15.3 Å². The molecule has 2 rings (SSSR count). The fourth-order valence-electron chi connectivity index (χ4n) is 2.67. The smallest absolute Gasteiger partial charge is 0.311 e. The van der Waals surface area contributed by atoms with Gasteiger partial charge in [-0.3, -0.25) is 9.59 Å². The molecule has 2 unspecified atom stereocenters. The molecule has 1 amide bonds. The van der Waals surface area contributed by atoms with Crippen molar-refractivity contribution in [3.05, 3.63) is 18.5 Å². The first-order chi connectivity index (χ1) is 9.93. The van der Waals surface area contributed by atoms with Gasteiger partial charge in [0, 0.05) is 25.5 Å². The molecule has 1 aromatic heterocycles. The molecular formula is C14H20N4O3. The second-order valence-electron chi connectivity index (χ2n) is 5.64. The molecule has 2 atom stereocenters. The molecule has 0 saturated heterocycles. The molecule has 1 fully saturated rings. The standard InChI is InChI=1S/C14H20N4O3/c1-14(12(20)21)6-3-5-10(14)17-11(19)9-18(2)13-15-7-4-8-16-13/h4,7-8,10H,3,5-6,9H2,1-2H3,(H,17,19)(H,20,21). The molecule has 0 aromatic carbocycles. The van der Waals surface area contributed by atoms with Crippen molar-refractivity contribution in [3.63, 3.8) is 0 Å². The first-order valence-corrected chi connectivity index (χ1v) is 6.94. The van der Waals surface area contributed by atoms with Crippen molar-refractivity contribution in [1.29, 1.82) is 0 Å². The highest BCUT2D eigenvalue weighted by atomic mass is 16.4. The van der Waals surface area contributed by atoms with Crippen molar-refractivity contribution in [2.75, 3.05) is 18.5 Å². The maximum atomic E-state index is 12.1. The van der Waals surface area contributed by atoms with Crippen LogP contribution < -0.4 is 10.2 Å². The Kier molecular flexibility index (Phi) is 4.40. The van der Waals surface area contributed by atoms with Crippen LogP contribution in [-0.4, -0.2) is 46.6 Å². The van der Waals surface area contributed by atoms with E-state index < -0.39 is 11.4 Å². The van der Waals surface area contributed by atoms with E-state index in [4.69, 9.17) is 0 Å². The Bertz CT molecular complexity index is 522. The summed E-state index contributed by atoms with van der Waals surface area (Å²) >= 11 is 0. The molecule has 1 saturated carbocycles. The van der Waals surface area contributed by atoms with E-state index in [2.05, 4.69) is 15.3 Å². The van der Waals surface area contributed by atoms with Gasteiger partial charge >= 0.3 is 5.97 Å². The van der Waals surface area contributed by atoms with Crippen molar-refractivity contribution in [1.82, 2.24) is 15.3 Å². The summed E-state index contributed by atoms with van der Waals surface area (Å²) in [5.41, 5.74) is -0.878. The quantitative estimate of drug-likeness (QED) is 0.828. The zero-order valence-corrected chi connectivity index (χ0v) is 12.2. The van der Waals surface area contributed by atoms with Gasteiger partial charge in [-0.25, -0.2) is 9.97 Å². The van der Waals surface area contributed by atoms with Crippen LogP contribution in [0.5, 0.6) is 0 Å². The van der Waals surface area contributed by atoms with Gasteiger partial charge in [0.1, 0.15) is 0 Å². The first kappa shape index (κ1) is 15.2. The van der Waals surface area contributed by atoms with E-state index in [0.717, 1.165) is 6.42 Å². The third kappa shape index (κ3) is 3.29. The molecule has 0 aliphatic heterocycles. The summed E-state index contributed by atoms with van der Waals surface area (Å²) < 4.78 is 0. The van der Waals surface area contributed by atoms with Crippen LogP contribution in [0.1, 0.15) is 26.2 Å². The highest BCUT2D eigenvalue weighted by molar-refractivity contribution is 5.83. The van der Waals surface area contributed by atoms with E-state index in [1.807, 2.05) is 0 Å². The number of aromatic nitrogens is 2. The molecule has 2 N–H and O–H groups in total. The van der Waals surface area contributed by atoms with Crippen molar-refractivity contribution in [2.45, 2.75) is 32.2 Å². The lowest BCUT2D eigenvalue weighted by atomic mass is 9.85. The zero-order chi connectivity index (χ0) is 15.5. The Morgan fingerprint density at radius 3 is 2.76 bits per heavy atom. The van der Waals surface area contributed by atoms with Crippen LogP contribution in [0, 0.1) is 5.41 Å². The molecule has 0 spiro atoms. The molecule has 1 heterocycles. The number of likely N-dealkylation sites (N-methyl/N-ethyl adjacent to an activating group) is 1. The Hall–Kier alpha value is -2.18. The van der Waals surface area contributed by atoms with Crippen molar-refractivity contribution in [3.8, 4) is 0 Å². The highest BCUT2D eigenvalue weighted by Crippen LogP contribution is 2.38. The fourth-order valence-corrected chi connectivity index (χ4v) is 2.67. The monoisotopic (exact) mass is 292 g/mol. The summed E-state index contributed by atoms with van der Waals surface area (Å²) in [6, 6.07) is 1.38. The van der Waals surface area contributed by atoms with Crippen LogP contribution >= 0.6 is 0 Å². The average Bonchev–Trinajstić information content (AvgIpc) is 2.82. The van der Waals surface area contributed by atoms with Gasteiger partial charge in [0.15, 0.2) is 0 Å². The number of carboxylic acid groups (broad SMARTS) is 1. The van der Waals surface area contributed by atoms with Gasteiger partial charge in [-0.05, 0) is 25.8 Å². The summed E-state index contributed by atoms with van der Waals surface area (Å²) in [5, 5.41) is 12.2. The SMILES string of the molecule is CN(CC(=O)NC1CCCC1(C)C(=O)O)c1ncccn1. The maximum Gasteiger partial charge on any atom is 0.311 e. The number of aliphatic carboxylic acids is 1. The third-order valence-electron chi connectivity index (χ3n) is 4.06. The topological polar surface area (TPSA) is 95.4 Å². The number of amides is 1. The van der Waals surface area contributed by atoms with Gasteiger partial charge in [0.25, 0.3) is 0 Å². The first-order valence-electron chi connectivity index (χ1n) is 6.94. The number of hydrogen-bond acceptors (Lipinski definition) is 5. The Morgan fingerprint density at radius 2 is 2.14 bits per heavy atom. The molecular weight excluding hydrogens is 272 g/mol. The number of carboxylic acids is 1. The summed E-state index contributed by atoms with van der Waals surface area (Å²) in [4.78, 5) is 33.2. The number of nitrogens with one attached hydrogen (secondary N) is 1. The largest absolute Gasteiger partial charge is 0.481 e. The van der Waals surface area contributed by atoms with Crippen LogP contribution in [-0.2, 0) is 9.59 Å². The van der Waals surface area contributed by atoms with E-state index in [1.165, 1.54) is 0 Å². The maximum absolute atomic E-state index is 12.1. The summed E-state index contributed by atoms with van der Waals surface area (Å²) in [7, 11) is 1.72. The van der Waals surface area contributed by atoms with Gasteiger partial charge in [-0.1, -0.05) is 6.42 Å². The van der Waals surface area contributed by atoms with Gasteiger partial charge in [0.2, 0.25) is 11.9 Å². The molecule has 1 aromatic rings. The van der Waals surface area contributed by atoms with Crippen molar-refractivity contribution >= 4 is 17.8 Å². The van der Waals surface area contributed by atoms with Crippen molar-refractivity contribution in [2.24, 2.45) is 5.41 Å². The minimum absolute atomic E-state index is 0.0935. The van der Waals surface area contributed by atoms with Gasteiger partial charge in [-0.2, -0.15) is 0 Å². The summed E-state index contributed by atoms with van der Waals surface area (Å²) in [6.45, 7) is 1.79. The Morgan fingerprint density at radius 1 is 1.48 bits per heavy atom. The lowest BCUT2D eigenvalue weighted by molar-refractivity contribution is -0.149. The van der Waals surface area contributed by atoms with E-state index >= 15 is 0 Å². The van der Waals surface area contributed by atoms with Crippen LogP contribution in [0.3, 0.4) is 0 Å².